The SMILES string of the molecule is CC(C)n1cnnc1C1CCN(c2ncnc3cc(Cl)ccc23)CC1. The molecule has 0 bridgehead atoms. The first kappa shape index (κ1) is 16.3. The maximum Gasteiger partial charge on any atom is 0.139 e. The zero-order valence-electron chi connectivity index (χ0n) is 14.4. The molecule has 2 aromatic heterocycles. The summed E-state index contributed by atoms with van der Waals surface area (Å²) in [6, 6.07) is 6.18. The zero-order chi connectivity index (χ0) is 17.4. The van der Waals surface area contributed by atoms with Crippen molar-refractivity contribution in [2.24, 2.45) is 0 Å². The van der Waals surface area contributed by atoms with Crippen molar-refractivity contribution >= 4 is 28.3 Å². The number of rotatable bonds is 3. The Morgan fingerprint density at radius 3 is 2.72 bits per heavy atom. The van der Waals surface area contributed by atoms with Gasteiger partial charge in [0.2, 0.25) is 0 Å². The molecule has 0 spiro atoms. The van der Waals surface area contributed by atoms with Crippen LogP contribution in [-0.2, 0) is 0 Å². The van der Waals surface area contributed by atoms with Crippen molar-refractivity contribution in [1.29, 1.82) is 0 Å². The van der Waals surface area contributed by atoms with Gasteiger partial charge in [-0.05, 0) is 44.9 Å². The van der Waals surface area contributed by atoms with Gasteiger partial charge in [0, 0.05) is 35.5 Å². The van der Waals surface area contributed by atoms with Gasteiger partial charge in [-0.2, -0.15) is 0 Å². The quantitative estimate of drug-likeness (QED) is 0.713. The molecular weight excluding hydrogens is 336 g/mol. The minimum absolute atomic E-state index is 0.388. The molecule has 0 unspecified atom stereocenters. The lowest BCUT2D eigenvalue weighted by molar-refractivity contribution is 0.448. The highest BCUT2D eigenvalue weighted by atomic mass is 35.5. The fourth-order valence-corrected chi connectivity index (χ4v) is 3.73. The monoisotopic (exact) mass is 356 g/mol. The summed E-state index contributed by atoms with van der Waals surface area (Å²) in [4.78, 5) is 11.2. The van der Waals surface area contributed by atoms with Crippen LogP contribution in [0.3, 0.4) is 0 Å². The maximum atomic E-state index is 6.08. The Balaban J connectivity index is 1.55. The molecular formula is C18H21ClN6. The van der Waals surface area contributed by atoms with E-state index in [2.05, 4.69) is 43.5 Å². The van der Waals surface area contributed by atoms with E-state index in [4.69, 9.17) is 11.6 Å². The molecule has 130 valence electrons. The Bertz CT molecular complexity index is 882. The molecule has 4 rings (SSSR count). The number of benzene rings is 1. The largest absolute Gasteiger partial charge is 0.356 e. The second kappa shape index (κ2) is 6.59. The molecule has 25 heavy (non-hydrogen) atoms. The molecule has 1 aliphatic rings. The summed E-state index contributed by atoms with van der Waals surface area (Å²) >= 11 is 6.08. The van der Waals surface area contributed by atoms with Crippen LogP contribution in [0, 0.1) is 0 Å². The molecule has 0 amide bonds. The molecule has 0 atom stereocenters. The summed E-state index contributed by atoms with van der Waals surface area (Å²) in [6.45, 7) is 6.23. The van der Waals surface area contributed by atoms with Crippen molar-refractivity contribution in [2.45, 2.75) is 38.6 Å². The normalized spacial score (nSPS) is 16.1. The predicted octanol–water partition coefficient (Wildman–Crippen LogP) is 3.84. The van der Waals surface area contributed by atoms with Crippen LogP contribution in [0.5, 0.6) is 0 Å². The number of nitrogens with zero attached hydrogens (tertiary/aromatic N) is 6. The highest BCUT2D eigenvalue weighted by Crippen LogP contribution is 2.32. The average molecular weight is 357 g/mol. The van der Waals surface area contributed by atoms with Gasteiger partial charge in [0.1, 0.15) is 24.3 Å². The number of aromatic nitrogens is 5. The first-order valence-electron chi connectivity index (χ1n) is 8.68. The van der Waals surface area contributed by atoms with Gasteiger partial charge in [0.05, 0.1) is 5.52 Å². The van der Waals surface area contributed by atoms with Crippen LogP contribution in [-0.4, -0.2) is 37.8 Å². The summed E-state index contributed by atoms with van der Waals surface area (Å²) in [5.74, 6) is 2.54. The summed E-state index contributed by atoms with van der Waals surface area (Å²) in [6.07, 6.45) is 5.55. The molecule has 0 aliphatic carbocycles. The van der Waals surface area contributed by atoms with Crippen molar-refractivity contribution in [2.75, 3.05) is 18.0 Å². The van der Waals surface area contributed by atoms with Crippen molar-refractivity contribution in [3.8, 4) is 0 Å². The van der Waals surface area contributed by atoms with E-state index in [1.54, 1.807) is 6.33 Å². The molecule has 1 aliphatic heterocycles. The van der Waals surface area contributed by atoms with Gasteiger partial charge in [-0.15, -0.1) is 10.2 Å². The molecule has 0 saturated carbocycles. The Morgan fingerprint density at radius 2 is 1.96 bits per heavy atom. The average Bonchev–Trinajstić information content (AvgIpc) is 3.11. The lowest BCUT2D eigenvalue weighted by Crippen LogP contribution is -2.34. The lowest BCUT2D eigenvalue weighted by atomic mass is 9.95. The van der Waals surface area contributed by atoms with E-state index >= 15 is 0 Å². The molecule has 6 nitrogen and oxygen atoms in total. The third-order valence-corrected chi connectivity index (χ3v) is 5.13. The molecule has 1 aromatic carbocycles. The predicted molar refractivity (Wildman–Crippen MR) is 99.1 cm³/mol. The molecule has 3 aromatic rings. The standard InChI is InChI=1S/C18H21ClN6/c1-12(2)25-11-22-23-17(25)13-5-7-24(8-6-13)18-15-4-3-14(19)9-16(15)20-10-21-18/h3-4,9-13H,5-8H2,1-2H3. The Morgan fingerprint density at radius 1 is 1.16 bits per heavy atom. The number of hydrogen-bond acceptors (Lipinski definition) is 5. The Hall–Kier alpha value is -2.21. The Labute approximate surface area is 151 Å². The molecule has 7 heteroatoms. The van der Waals surface area contributed by atoms with Crippen LogP contribution >= 0.6 is 11.6 Å². The molecule has 0 radical (unpaired) electrons. The van der Waals surface area contributed by atoms with E-state index in [1.807, 2.05) is 24.5 Å². The number of anilines is 1. The molecule has 3 heterocycles. The van der Waals surface area contributed by atoms with Gasteiger partial charge in [0.25, 0.3) is 0 Å². The van der Waals surface area contributed by atoms with E-state index in [0.29, 0.717) is 17.0 Å². The van der Waals surface area contributed by atoms with Crippen molar-refractivity contribution in [1.82, 2.24) is 24.7 Å². The third kappa shape index (κ3) is 3.06. The topological polar surface area (TPSA) is 59.7 Å². The van der Waals surface area contributed by atoms with E-state index in [1.165, 1.54) is 0 Å². The molecule has 0 N–H and O–H groups in total. The highest BCUT2D eigenvalue weighted by Gasteiger charge is 2.26. The summed E-state index contributed by atoms with van der Waals surface area (Å²) in [5, 5.41) is 10.2. The fourth-order valence-electron chi connectivity index (χ4n) is 3.56. The van der Waals surface area contributed by atoms with Gasteiger partial charge in [-0.1, -0.05) is 11.6 Å². The zero-order valence-corrected chi connectivity index (χ0v) is 15.2. The summed E-state index contributed by atoms with van der Waals surface area (Å²) < 4.78 is 2.18. The van der Waals surface area contributed by atoms with Crippen molar-refractivity contribution in [3.63, 3.8) is 0 Å². The second-order valence-corrected chi connectivity index (χ2v) is 7.25. The number of fused-ring (bicyclic) bond motifs is 1. The Kier molecular flexibility index (Phi) is 4.29. The van der Waals surface area contributed by atoms with Crippen molar-refractivity contribution < 1.29 is 0 Å². The van der Waals surface area contributed by atoms with Crippen LogP contribution < -0.4 is 4.90 Å². The molecule has 1 saturated heterocycles. The van der Waals surface area contributed by atoms with Gasteiger partial charge < -0.3 is 9.47 Å². The smallest absolute Gasteiger partial charge is 0.139 e. The van der Waals surface area contributed by atoms with Gasteiger partial charge >= 0.3 is 0 Å². The van der Waals surface area contributed by atoms with E-state index < -0.39 is 0 Å². The van der Waals surface area contributed by atoms with Crippen LogP contribution in [0.15, 0.2) is 30.9 Å². The minimum Gasteiger partial charge on any atom is -0.356 e. The lowest BCUT2D eigenvalue weighted by Gasteiger charge is -2.33. The summed E-state index contributed by atoms with van der Waals surface area (Å²) in [5.41, 5.74) is 0.888. The van der Waals surface area contributed by atoms with Gasteiger partial charge in [-0.3, -0.25) is 0 Å². The molecule has 1 fully saturated rings. The maximum absolute atomic E-state index is 6.08. The van der Waals surface area contributed by atoms with Gasteiger partial charge in [-0.25, -0.2) is 9.97 Å². The van der Waals surface area contributed by atoms with Crippen LogP contribution in [0.1, 0.15) is 44.5 Å². The van der Waals surface area contributed by atoms with E-state index in [9.17, 15) is 0 Å². The van der Waals surface area contributed by atoms with Gasteiger partial charge in [0.15, 0.2) is 0 Å². The highest BCUT2D eigenvalue weighted by molar-refractivity contribution is 6.31. The van der Waals surface area contributed by atoms with Crippen LogP contribution in [0.25, 0.3) is 10.9 Å². The minimum atomic E-state index is 0.388. The first-order chi connectivity index (χ1) is 12.1. The first-order valence-corrected chi connectivity index (χ1v) is 9.06. The van der Waals surface area contributed by atoms with Crippen LogP contribution in [0.2, 0.25) is 5.02 Å². The van der Waals surface area contributed by atoms with Crippen molar-refractivity contribution in [3.05, 3.63) is 41.7 Å². The number of halogens is 1. The number of hydrogen-bond donors (Lipinski definition) is 0. The van der Waals surface area contributed by atoms with E-state index in [0.717, 1.165) is 48.5 Å². The summed E-state index contributed by atoms with van der Waals surface area (Å²) in [7, 11) is 0. The second-order valence-electron chi connectivity index (χ2n) is 6.81. The fraction of sp³-hybridized carbons (Fsp3) is 0.444. The van der Waals surface area contributed by atoms with Crippen LogP contribution in [0.4, 0.5) is 5.82 Å². The third-order valence-electron chi connectivity index (χ3n) is 4.89. The van der Waals surface area contributed by atoms with E-state index in [-0.39, 0.29) is 0 Å². The number of piperidine rings is 1.